The van der Waals surface area contributed by atoms with Gasteiger partial charge in [0.15, 0.2) is 0 Å². The summed E-state index contributed by atoms with van der Waals surface area (Å²) in [6.07, 6.45) is -4.51. The Kier molecular flexibility index (Phi) is 3.01. The number of fused-ring (bicyclic) bond motifs is 1. The van der Waals surface area contributed by atoms with Crippen molar-refractivity contribution in [2.75, 3.05) is 0 Å². The molecule has 3 rings (SSSR count). The van der Waals surface area contributed by atoms with Crippen LogP contribution in [0.25, 0.3) is 0 Å². The second-order valence-electron chi connectivity index (χ2n) is 4.71. The van der Waals surface area contributed by atoms with Crippen molar-refractivity contribution in [3.8, 4) is 0 Å². The molecule has 1 heterocycles. The highest BCUT2D eigenvalue weighted by molar-refractivity contribution is 6.52. The van der Waals surface area contributed by atoms with E-state index in [0.717, 1.165) is 42.5 Å². The van der Waals surface area contributed by atoms with Gasteiger partial charge in [-0.3, -0.25) is 4.79 Å². The van der Waals surface area contributed by atoms with Crippen molar-refractivity contribution >= 4 is 17.2 Å². The summed E-state index contributed by atoms with van der Waals surface area (Å²) >= 11 is 0. The molecule has 0 atom stereocenters. The van der Waals surface area contributed by atoms with Crippen molar-refractivity contribution in [2.24, 2.45) is 0 Å². The van der Waals surface area contributed by atoms with Gasteiger partial charge in [-0.05, 0) is 36.4 Å². The number of carbonyl (C=O) groups excluding carboxylic acids is 1. The monoisotopic (exact) mass is 309 g/mol. The molecule has 0 bridgehead atoms. The largest absolute Gasteiger partial charge is 0.618 e. The van der Waals surface area contributed by atoms with Crippen LogP contribution in [0.1, 0.15) is 21.5 Å². The SMILES string of the molecule is O=C1C(c2ccc(C(F)(F)F)cc2)=[N+]([O-])c2ccc(F)cc21. The van der Waals surface area contributed by atoms with Crippen molar-refractivity contribution in [1.29, 1.82) is 0 Å². The first-order valence-electron chi connectivity index (χ1n) is 6.15. The van der Waals surface area contributed by atoms with Crippen molar-refractivity contribution < 1.29 is 27.1 Å². The predicted molar refractivity (Wildman–Crippen MR) is 69.6 cm³/mol. The Labute approximate surface area is 121 Å². The van der Waals surface area contributed by atoms with Gasteiger partial charge >= 0.3 is 6.18 Å². The van der Waals surface area contributed by atoms with Crippen molar-refractivity contribution in [2.45, 2.75) is 6.18 Å². The topological polar surface area (TPSA) is 43.1 Å². The molecule has 1 aliphatic rings. The van der Waals surface area contributed by atoms with E-state index in [9.17, 15) is 27.6 Å². The molecule has 0 saturated heterocycles. The molecule has 2 aromatic rings. The normalized spacial score (nSPS) is 14.5. The molecule has 3 nitrogen and oxygen atoms in total. The quantitative estimate of drug-likeness (QED) is 0.458. The van der Waals surface area contributed by atoms with Crippen LogP contribution in [0.15, 0.2) is 42.5 Å². The van der Waals surface area contributed by atoms with Crippen molar-refractivity contribution in [1.82, 2.24) is 0 Å². The molecule has 7 heteroatoms. The second-order valence-corrected chi connectivity index (χ2v) is 4.71. The molecule has 1 aliphatic heterocycles. The van der Waals surface area contributed by atoms with Gasteiger partial charge in [-0.15, -0.1) is 0 Å². The average molecular weight is 309 g/mol. The van der Waals surface area contributed by atoms with E-state index in [4.69, 9.17) is 0 Å². The molecule has 0 aromatic heterocycles. The van der Waals surface area contributed by atoms with Crippen LogP contribution in [-0.2, 0) is 6.18 Å². The zero-order valence-electron chi connectivity index (χ0n) is 10.8. The Hall–Kier alpha value is -2.70. The molecule has 0 amide bonds. The van der Waals surface area contributed by atoms with Crippen LogP contribution in [0.2, 0.25) is 0 Å². The average Bonchev–Trinajstić information content (AvgIpc) is 2.70. The first-order chi connectivity index (χ1) is 10.3. The maximum atomic E-state index is 13.2. The van der Waals surface area contributed by atoms with Gasteiger partial charge in [0, 0.05) is 6.07 Å². The molecular weight excluding hydrogens is 302 g/mol. The van der Waals surface area contributed by atoms with E-state index < -0.39 is 23.3 Å². The molecule has 22 heavy (non-hydrogen) atoms. The van der Waals surface area contributed by atoms with Gasteiger partial charge in [-0.25, -0.2) is 4.39 Å². The molecule has 0 aliphatic carbocycles. The zero-order valence-corrected chi connectivity index (χ0v) is 10.8. The summed E-state index contributed by atoms with van der Waals surface area (Å²) in [7, 11) is 0. The zero-order chi connectivity index (χ0) is 16.1. The van der Waals surface area contributed by atoms with E-state index in [1.807, 2.05) is 0 Å². The summed E-state index contributed by atoms with van der Waals surface area (Å²) < 4.78 is 51.0. The highest BCUT2D eigenvalue weighted by Gasteiger charge is 2.37. The lowest BCUT2D eigenvalue weighted by Crippen LogP contribution is -2.17. The number of hydrogen-bond donors (Lipinski definition) is 0. The Morgan fingerprint density at radius 2 is 1.64 bits per heavy atom. The number of nitrogens with zero attached hydrogens (tertiary/aromatic N) is 1. The number of halogens is 4. The molecule has 0 unspecified atom stereocenters. The van der Waals surface area contributed by atoms with Gasteiger partial charge in [-0.1, -0.05) is 0 Å². The minimum atomic E-state index is -4.51. The smallest absolute Gasteiger partial charge is 0.416 e. The van der Waals surface area contributed by atoms with Crippen molar-refractivity contribution in [3.05, 3.63) is 70.2 Å². The number of hydrogen-bond acceptors (Lipinski definition) is 2. The fraction of sp³-hybridized carbons (Fsp3) is 0.0667. The molecule has 0 spiro atoms. The summed E-state index contributed by atoms with van der Waals surface area (Å²) in [6, 6.07) is 6.78. The van der Waals surface area contributed by atoms with E-state index in [1.54, 1.807) is 0 Å². The van der Waals surface area contributed by atoms with Gasteiger partial charge in [0.05, 0.1) is 11.1 Å². The molecule has 0 fully saturated rings. The molecule has 0 radical (unpaired) electrons. The molecule has 112 valence electrons. The van der Waals surface area contributed by atoms with Crippen LogP contribution in [-0.4, -0.2) is 16.2 Å². The third kappa shape index (κ3) is 2.14. The van der Waals surface area contributed by atoms with Gasteiger partial charge in [-0.2, -0.15) is 17.9 Å². The number of carbonyl (C=O) groups is 1. The van der Waals surface area contributed by atoms with E-state index in [0.29, 0.717) is 4.74 Å². The van der Waals surface area contributed by atoms with Gasteiger partial charge in [0.25, 0.3) is 11.5 Å². The first-order valence-corrected chi connectivity index (χ1v) is 6.15. The maximum Gasteiger partial charge on any atom is 0.416 e. The summed E-state index contributed by atoms with van der Waals surface area (Å²) in [5.74, 6) is -1.39. The van der Waals surface area contributed by atoms with Crippen LogP contribution in [0.5, 0.6) is 0 Å². The lowest BCUT2D eigenvalue weighted by molar-refractivity contribution is -0.355. The van der Waals surface area contributed by atoms with Gasteiger partial charge in [0.2, 0.25) is 5.69 Å². The van der Waals surface area contributed by atoms with E-state index in [1.165, 1.54) is 0 Å². The van der Waals surface area contributed by atoms with Gasteiger partial charge < -0.3 is 5.21 Å². The van der Waals surface area contributed by atoms with Crippen LogP contribution in [0.4, 0.5) is 23.2 Å². The number of ketones is 1. The summed E-state index contributed by atoms with van der Waals surface area (Å²) in [4.78, 5) is 12.2. The minimum Gasteiger partial charge on any atom is -0.618 e. The summed E-state index contributed by atoms with van der Waals surface area (Å²) in [6.45, 7) is 0. The Morgan fingerprint density at radius 3 is 2.23 bits per heavy atom. The molecule has 0 saturated carbocycles. The lowest BCUT2D eigenvalue weighted by Gasteiger charge is -2.07. The Morgan fingerprint density at radius 1 is 1.00 bits per heavy atom. The third-order valence-corrected chi connectivity index (χ3v) is 3.33. The number of Topliss-reactive ketones (excluding diaryl/α,β-unsaturated/α-hetero) is 1. The maximum absolute atomic E-state index is 13.2. The Balaban J connectivity index is 2.07. The van der Waals surface area contributed by atoms with E-state index in [2.05, 4.69) is 0 Å². The Bertz CT molecular complexity index is 807. The van der Waals surface area contributed by atoms with Crippen LogP contribution in [0, 0.1) is 11.0 Å². The van der Waals surface area contributed by atoms with Crippen molar-refractivity contribution in [3.63, 3.8) is 0 Å². The second kappa shape index (κ2) is 4.66. The molecule has 2 aromatic carbocycles. The fourth-order valence-corrected chi connectivity index (χ4v) is 2.27. The number of benzene rings is 2. The summed E-state index contributed by atoms with van der Waals surface area (Å²) in [5, 5.41) is 12.1. The van der Waals surface area contributed by atoms with Gasteiger partial charge in [0.1, 0.15) is 11.4 Å². The third-order valence-electron chi connectivity index (χ3n) is 3.33. The first kappa shape index (κ1) is 14.2. The van der Waals surface area contributed by atoms with Crippen LogP contribution >= 0.6 is 0 Å². The number of rotatable bonds is 1. The van der Waals surface area contributed by atoms with E-state index >= 15 is 0 Å². The highest BCUT2D eigenvalue weighted by atomic mass is 19.4. The minimum absolute atomic E-state index is 0.0266. The predicted octanol–water partition coefficient (Wildman–Crippen LogP) is 3.67. The van der Waals surface area contributed by atoms with Crippen LogP contribution in [0.3, 0.4) is 0 Å². The molecule has 0 N–H and O–H groups in total. The summed E-state index contributed by atoms with van der Waals surface area (Å²) in [5.41, 5.74) is -1.30. The standard InChI is InChI=1S/C15H7F4NO2/c16-10-5-6-12-11(7-10)14(21)13(20(12)22)8-1-3-9(4-2-8)15(17,18)19/h1-7H. The molecular formula is C15H7F4NO2. The number of alkyl halides is 3. The lowest BCUT2D eigenvalue weighted by atomic mass is 10.0. The van der Waals surface area contributed by atoms with Crippen LogP contribution < -0.4 is 0 Å². The highest BCUT2D eigenvalue weighted by Crippen LogP contribution is 2.31. The fourth-order valence-electron chi connectivity index (χ4n) is 2.27. The van der Waals surface area contributed by atoms with E-state index in [-0.39, 0.29) is 22.5 Å².